The summed E-state index contributed by atoms with van der Waals surface area (Å²) in [6.07, 6.45) is 8.03. The maximum Gasteiger partial charge on any atom is 0.0331 e. The van der Waals surface area contributed by atoms with Gasteiger partial charge in [-0.1, -0.05) is 40.0 Å². The number of hydrogen-bond acceptors (Lipinski definition) is 2. The summed E-state index contributed by atoms with van der Waals surface area (Å²) in [4.78, 5) is 2.59. The highest BCUT2D eigenvalue weighted by atomic mass is 15.2. The van der Waals surface area contributed by atoms with Crippen LogP contribution in [-0.4, -0.2) is 30.1 Å². The molecule has 2 nitrogen and oxygen atoms in total. The van der Waals surface area contributed by atoms with Crippen LogP contribution in [0, 0.1) is 11.8 Å². The minimum Gasteiger partial charge on any atom is -0.329 e. The minimum atomic E-state index is 0.258. The van der Waals surface area contributed by atoms with Crippen LogP contribution in [0.25, 0.3) is 0 Å². The molecule has 108 valence electrons. The molecule has 0 bridgehead atoms. The van der Waals surface area contributed by atoms with Gasteiger partial charge in [0.2, 0.25) is 0 Å². The molecule has 0 heterocycles. The van der Waals surface area contributed by atoms with Crippen molar-refractivity contribution >= 4 is 0 Å². The molecule has 0 amide bonds. The van der Waals surface area contributed by atoms with E-state index in [4.69, 9.17) is 5.73 Å². The summed E-state index contributed by atoms with van der Waals surface area (Å²) in [6, 6.07) is 0.617. The Morgan fingerprint density at radius 2 is 1.89 bits per heavy atom. The predicted octanol–water partition coefficient (Wildman–Crippen LogP) is 3.65. The summed E-state index contributed by atoms with van der Waals surface area (Å²) in [7, 11) is 2.30. The number of rotatable bonds is 5. The van der Waals surface area contributed by atoms with Crippen LogP contribution in [0.1, 0.15) is 66.2 Å². The normalized spacial score (nSPS) is 31.7. The van der Waals surface area contributed by atoms with E-state index in [1.807, 2.05) is 0 Å². The lowest BCUT2D eigenvalue weighted by atomic mass is 9.85. The van der Waals surface area contributed by atoms with Crippen molar-refractivity contribution in [1.29, 1.82) is 0 Å². The number of likely N-dealkylation sites (N-methyl/N-ethyl adjacent to an activating group) is 1. The van der Waals surface area contributed by atoms with Crippen LogP contribution in [0.4, 0.5) is 0 Å². The molecule has 2 heteroatoms. The maximum atomic E-state index is 6.19. The highest BCUT2D eigenvalue weighted by Crippen LogP contribution is 2.36. The van der Waals surface area contributed by atoms with Gasteiger partial charge in [-0.15, -0.1) is 0 Å². The first kappa shape index (κ1) is 16.0. The molecule has 1 saturated carbocycles. The molecule has 0 aromatic rings. The van der Waals surface area contributed by atoms with Crippen molar-refractivity contribution in [2.24, 2.45) is 17.6 Å². The Kier molecular flexibility index (Phi) is 6.13. The Bertz CT molecular complexity index is 239. The average Bonchev–Trinajstić information content (AvgIpc) is 2.59. The lowest BCUT2D eigenvalue weighted by molar-refractivity contribution is 0.0491. The number of nitrogens with zero attached hydrogens (tertiary/aromatic N) is 1. The van der Waals surface area contributed by atoms with Crippen molar-refractivity contribution in [1.82, 2.24) is 4.90 Å². The van der Waals surface area contributed by atoms with Crippen LogP contribution >= 0.6 is 0 Å². The summed E-state index contributed by atoms with van der Waals surface area (Å²) < 4.78 is 0. The molecule has 3 atom stereocenters. The third-order valence-corrected chi connectivity index (χ3v) is 5.55. The van der Waals surface area contributed by atoms with Gasteiger partial charge in [0.15, 0.2) is 0 Å². The highest BCUT2D eigenvalue weighted by molar-refractivity contribution is 4.95. The first-order valence-corrected chi connectivity index (χ1v) is 7.90. The molecule has 0 spiro atoms. The Balaban J connectivity index is 2.78. The molecule has 1 rings (SSSR count). The zero-order valence-electron chi connectivity index (χ0n) is 13.2. The summed E-state index contributed by atoms with van der Waals surface area (Å²) in [5.74, 6) is 1.63. The predicted molar refractivity (Wildman–Crippen MR) is 80.7 cm³/mol. The SMILES string of the molecule is CCC1CCCC(CN)(N(C)C(C)C(C)C)CC1. The van der Waals surface area contributed by atoms with E-state index in [2.05, 4.69) is 39.6 Å². The van der Waals surface area contributed by atoms with E-state index in [0.29, 0.717) is 12.0 Å². The van der Waals surface area contributed by atoms with Gasteiger partial charge in [0.1, 0.15) is 0 Å². The first-order chi connectivity index (χ1) is 8.46. The van der Waals surface area contributed by atoms with Crippen molar-refractivity contribution in [2.45, 2.75) is 77.8 Å². The van der Waals surface area contributed by atoms with E-state index in [1.165, 1.54) is 38.5 Å². The monoisotopic (exact) mass is 254 g/mol. The molecule has 0 aromatic heterocycles. The van der Waals surface area contributed by atoms with Crippen LogP contribution in [-0.2, 0) is 0 Å². The van der Waals surface area contributed by atoms with Crippen LogP contribution in [0.5, 0.6) is 0 Å². The molecule has 3 unspecified atom stereocenters. The standard InChI is InChI=1S/C16H34N2/c1-6-15-8-7-10-16(12-17,11-9-15)18(5)14(4)13(2)3/h13-15H,6-12,17H2,1-5H3. The largest absolute Gasteiger partial charge is 0.329 e. The second-order valence-electron chi connectivity index (χ2n) is 6.73. The Labute approximate surface area is 114 Å². The number of nitrogens with two attached hydrogens (primary N) is 1. The van der Waals surface area contributed by atoms with Crippen molar-refractivity contribution in [3.05, 3.63) is 0 Å². The van der Waals surface area contributed by atoms with E-state index < -0.39 is 0 Å². The van der Waals surface area contributed by atoms with Gasteiger partial charge in [-0.05, 0) is 45.1 Å². The van der Waals surface area contributed by atoms with Gasteiger partial charge in [-0.3, -0.25) is 4.90 Å². The molecule has 2 N–H and O–H groups in total. The molecule has 0 aromatic carbocycles. The molecule has 18 heavy (non-hydrogen) atoms. The molecular formula is C16H34N2. The fraction of sp³-hybridized carbons (Fsp3) is 1.00. The topological polar surface area (TPSA) is 29.3 Å². The molecule has 0 aliphatic heterocycles. The van der Waals surface area contributed by atoms with Crippen LogP contribution in [0.2, 0.25) is 0 Å². The van der Waals surface area contributed by atoms with Crippen molar-refractivity contribution in [3.63, 3.8) is 0 Å². The quantitative estimate of drug-likeness (QED) is 0.759. The van der Waals surface area contributed by atoms with Gasteiger partial charge in [-0.25, -0.2) is 0 Å². The number of hydrogen-bond donors (Lipinski definition) is 1. The minimum absolute atomic E-state index is 0.258. The van der Waals surface area contributed by atoms with Crippen LogP contribution in [0.3, 0.4) is 0 Å². The third kappa shape index (κ3) is 3.48. The Morgan fingerprint density at radius 1 is 1.22 bits per heavy atom. The zero-order chi connectivity index (χ0) is 13.8. The molecule has 1 aliphatic rings. The summed E-state index contributed by atoms with van der Waals surface area (Å²) in [5, 5.41) is 0. The van der Waals surface area contributed by atoms with E-state index >= 15 is 0 Å². The Hall–Kier alpha value is -0.0800. The van der Waals surface area contributed by atoms with Crippen LogP contribution < -0.4 is 5.73 Å². The molecular weight excluding hydrogens is 220 g/mol. The van der Waals surface area contributed by atoms with Crippen molar-refractivity contribution < 1.29 is 0 Å². The molecule has 1 aliphatic carbocycles. The van der Waals surface area contributed by atoms with E-state index in [0.717, 1.165) is 12.5 Å². The van der Waals surface area contributed by atoms with E-state index in [1.54, 1.807) is 0 Å². The lowest BCUT2D eigenvalue weighted by Gasteiger charge is -2.45. The van der Waals surface area contributed by atoms with Gasteiger partial charge in [0, 0.05) is 18.1 Å². The Morgan fingerprint density at radius 3 is 2.39 bits per heavy atom. The molecule has 1 fully saturated rings. The fourth-order valence-electron chi connectivity index (χ4n) is 3.45. The first-order valence-electron chi connectivity index (χ1n) is 7.90. The molecule has 0 saturated heterocycles. The average molecular weight is 254 g/mol. The summed E-state index contributed by atoms with van der Waals surface area (Å²) in [5.41, 5.74) is 6.45. The zero-order valence-corrected chi connectivity index (χ0v) is 13.2. The van der Waals surface area contributed by atoms with Crippen molar-refractivity contribution in [2.75, 3.05) is 13.6 Å². The van der Waals surface area contributed by atoms with Gasteiger partial charge >= 0.3 is 0 Å². The van der Waals surface area contributed by atoms with Crippen LogP contribution in [0.15, 0.2) is 0 Å². The van der Waals surface area contributed by atoms with Gasteiger partial charge in [-0.2, -0.15) is 0 Å². The van der Waals surface area contributed by atoms with Gasteiger partial charge < -0.3 is 5.73 Å². The maximum absolute atomic E-state index is 6.19. The second-order valence-corrected chi connectivity index (χ2v) is 6.73. The van der Waals surface area contributed by atoms with Gasteiger partial charge in [0.05, 0.1) is 0 Å². The second kappa shape index (κ2) is 6.91. The van der Waals surface area contributed by atoms with E-state index in [-0.39, 0.29) is 5.54 Å². The van der Waals surface area contributed by atoms with Gasteiger partial charge in [0.25, 0.3) is 0 Å². The smallest absolute Gasteiger partial charge is 0.0331 e. The van der Waals surface area contributed by atoms with E-state index in [9.17, 15) is 0 Å². The van der Waals surface area contributed by atoms with Crippen molar-refractivity contribution in [3.8, 4) is 0 Å². The fourth-order valence-corrected chi connectivity index (χ4v) is 3.45. The third-order valence-electron chi connectivity index (χ3n) is 5.55. The molecule has 0 radical (unpaired) electrons. The lowest BCUT2D eigenvalue weighted by Crippen LogP contribution is -2.56. The summed E-state index contributed by atoms with van der Waals surface area (Å²) >= 11 is 0. The highest BCUT2D eigenvalue weighted by Gasteiger charge is 2.37. The summed E-state index contributed by atoms with van der Waals surface area (Å²) in [6.45, 7) is 10.1.